The van der Waals surface area contributed by atoms with Crippen molar-refractivity contribution in [1.29, 1.82) is 0 Å². The summed E-state index contributed by atoms with van der Waals surface area (Å²) in [5, 5.41) is 2.55. The smallest absolute Gasteiger partial charge is 0.316 e. The van der Waals surface area contributed by atoms with E-state index >= 15 is 0 Å². The van der Waals surface area contributed by atoms with Gasteiger partial charge in [-0.25, -0.2) is 0 Å². The molecule has 0 unspecified atom stereocenters. The third-order valence-electron chi connectivity index (χ3n) is 0.629. The average molecular weight is 176 g/mol. The Morgan fingerprint density at radius 2 is 1.90 bits per heavy atom. The molecule has 10 heavy (non-hydrogen) atoms. The zero-order chi connectivity index (χ0) is 7.33. The van der Waals surface area contributed by atoms with Crippen molar-refractivity contribution in [3.8, 4) is 0 Å². The zero-order valence-corrected chi connectivity index (χ0v) is 6.22. The van der Waals surface area contributed by atoms with Crippen LogP contribution in [0.4, 0.5) is 13.2 Å². The molecule has 0 saturated carbocycles. The van der Waals surface area contributed by atoms with E-state index in [0.717, 1.165) is 6.08 Å². The van der Waals surface area contributed by atoms with Gasteiger partial charge in [0.1, 0.15) is 0 Å². The number of likely N-dealkylation sites (N-methyl/N-ethyl adjacent to an activating group) is 1. The minimum absolute atomic E-state index is 0. The molecule has 0 fully saturated rings. The van der Waals surface area contributed by atoms with Crippen molar-refractivity contribution in [3.63, 3.8) is 0 Å². The lowest BCUT2D eigenvalue weighted by molar-refractivity contribution is -0.0799. The maximum atomic E-state index is 11.3. The Morgan fingerprint density at radius 1 is 1.40 bits per heavy atom. The van der Waals surface area contributed by atoms with Crippen LogP contribution in [-0.2, 0) is 0 Å². The monoisotopic (exact) mass is 175 g/mol. The second-order valence-corrected chi connectivity index (χ2v) is 1.50. The van der Waals surface area contributed by atoms with Gasteiger partial charge in [-0.2, -0.15) is 13.2 Å². The summed E-state index contributed by atoms with van der Waals surface area (Å²) in [5.41, 5.74) is 0. The van der Waals surface area contributed by atoms with E-state index < -0.39 is 6.18 Å². The van der Waals surface area contributed by atoms with Crippen LogP contribution in [0.2, 0.25) is 0 Å². The lowest BCUT2D eigenvalue weighted by Crippen LogP contribution is -2.07. The van der Waals surface area contributed by atoms with Gasteiger partial charge in [0.15, 0.2) is 0 Å². The normalized spacial score (nSPS) is 11.6. The van der Waals surface area contributed by atoms with Crippen LogP contribution >= 0.6 is 12.4 Å². The van der Waals surface area contributed by atoms with Crippen LogP contribution in [0, 0.1) is 0 Å². The highest BCUT2D eigenvalue weighted by atomic mass is 35.5. The molecule has 0 heterocycles. The molecule has 0 rings (SSSR count). The lowest BCUT2D eigenvalue weighted by atomic mass is 10.5. The van der Waals surface area contributed by atoms with Crippen LogP contribution in [0.3, 0.4) is 0 Å². The Bertz CT molecular complexity index is 99.6. The molecule has 0 amide bonds. The van der Waals surface area contributed by atoms with Crippen molar-refractivity contribution < 1.29 is 13.2 Å². The van der Waals surface area contributed by atoms with Gasteiger partial charge in [-0.3, -0.25) is 0 Å². The van der Waals surface area contributed by atoms with Crippen LogP contribution in [0.5, 0.6) is 0 Å². The van der Waals surface area contributed by atoms with E-state index in [4.69, 9.17) is 0 Å². The first-order valence-corrected chi connectivity index (χ1v) is 2.45. The molecule has 0 aliphatic carbocycles. The highest BCUT2D eigenvalue weighted by Gasteiger charge is 2.21. The second-order valence-electron chi connectivity index (χ2n) is 1.50. The number of hydrogen-bond acceptors (Lipinski definition) is 1. The van der Waals surface area contributed by atoms with Crippen molar-refractivity contribution >= 4 is 12.4 Å². The molecule has 5 heteroatoms. The molecule has 0 spiro atoms. The van der Waals surface area contributed by atoms with Gasteiger partial charge in [0.25, 0.3) is 0 Å². The van der Waals surface area contributed by atoms with E-state index in [-0.39, 0.29) is 25.0 Å². The van der Waals surface area contributed by atoms with Crippen molar-refractivity contribution in [2.24, 2.45) is 0 Å². The maximum absolute atomic E-state index is 11.3. The SMILES string of the molecule is CNC/C=C/C(F)(F)F.Cl. The second kappa shape index (κ2) is 5.56. The summed E-state index contributed by atoms with van der Waals surface area (Å²) in [5.74, 6) is 0. The van der Waals surface area contributed by atoms with Crippen LogP contribution in [-0.4, -0.2) is 19.8 Å². The third-order valence-corrected chi connectivity index (χ3v) is 0.629. The van der Waals surface area contributed by atoms with Crippen molar-refractivity contribution in [1.82, 2.24) is 5.32 Å². The Kier molecular flexibility index (Phi) is 6.92. The first kappa shape index (κ1) is 12.5. The molecule has 1 nitrogen and oxygen atoms in total. The summed E-state index contributed by atoms with van der Waals surface area (Å²) >= 11 is 0. The molecule has 1 N–H and O–H groups in total. The molecule has 0 atom stereocenters. The quantitative estimate of drug-likeness (QED) is 0.631. The van der Waals surface area contributed by atoms with E-state index in [0.29, 0.717) is 0 Å². The fourth-order valence-corrected chi connectivity index (χ4v) is 0.310. The number of hydrogen-bond donors (Lipinski definition) is 1. The standard InChI is InChI=1S/C5H8F3N.ClH/c1-9-4-2-3-5(6,7)8;/h2-3,9H,4H2,1H3;1H/b3-2+;. The Labute approximate surface area is 63.7 Å². The number of nitrogens with one attached hydrogen (secondary N) is 1. The summed E-state index contributed by atoms with van der Waals surface area (Å²) in [6, 6.07) is 0. The van der Waals surface area contributed by atoms with Crippen LogP contribution < -0.4 is 5.32 Å². The van der Waals surface area contributed by atoms with Gasteiger partial charge < -0.3 is 5.32 Å². The molecular weight excluding hydrogens is 167 g/mol. The average Bonchev–Trinajstić information content (AvgIpc) is 1.63. The van der Waals surface area contributed by atoms with E-state index in [1.807, 2.05) is 0 Å². The summed E-state index contributed by atoms with van der Waals surface area (Å²) in [6.45, 7) is 0.250. The van der Waals surface area contributed by atoms with Gasteiger partial charge in [0, 0.05) is 12.6 Å². The molecule has 0 aromatic rings. The molecule has 62 valence electrons. The van der Waals surface area contributed by atoms with E-state index in [2.05, 4.69) is 5.32 Å². The minimum atomic E-state index is -4.17. The van der Waals surface area contributed by atoms with E-state index in [1.165, 1.54) is 0 Å². The van der Waals surface area contributed by atoms with Crippen LogP contribution in [0.1, 0.15) is 0 Å². The molecule has 0 aliphatic heterocycles. The van der Waals surface area contributed by atoms with Gasteiger partial charge in [0.05, 0.1) is 0 Å². The molecule has 0 saturated heterocycles. The zero-order valence-electron chi connectivity index (χ0n) is 5.40. The molecular formula is C5H9ClF3N. The molecule has 0 aliphatic rings. The van der Waals surface area contributed by atoms with E-state index in [1.54, 1.807) is 7.05 Å². The Morgan fingerprint density at radius 3 is 2.20 bits per heavy atom. The predicted octanol–water partition coefficient (Wildman–Crippen LogP) is 1.75. The third kappa shape index (κ3) is 10.7. The minimum Gasteiger partial charge on any atom is -0.316 e. The van der Waals surface area contributed by atoms with Crippen LogP contribution in [0.15, 0.2) is 12.2 Å². The first-order valence-electron chi connectivity index (χ1n) is 2.45. The molecule has 0 aromatic carbocycles. The number of alkyl halides is 3. The first-order chi connectivity index (χ1) is 4.06. The van der Waals surface area contributed by atoms with Crippen LogP contribution in [0.25, 0.3) is 0 Å². The number of rotatable bonds is 2. The van der Waals surface area contributed by atoms with Crippen molar-refractivity contribution in [2.75, 3.05) is 13.6 Å². The maximum Gasteiger partial charge on any atom is 0.409 e. The lowest BCUT2D eigenvalue weighted by Gasteiger charge is -1.95. The number of halogens is 4. The number of allylic oxidation sites excluding steroid dienone is 1. The topological polar surface area (TPSA) is 12.0 Å². The van der Waals surface area contributed by atoms with Gasteiger partial charge in [0.2, 0.25) is 0 Å². The fourth-order valence-electron chi connectivity index (χ4n) is 0.310. The van der Waals surface area contributed by atoms with E-state index in [9.17, 15) is 13.2 Å². The van der Waals surface area contributed by atoms with Gasteiger partial charge in [-0.15, -0.1) is 12.4 Å². The fraction of sp³-hybridized carbons (Fsp3) is 0.600. The molecule has 0 bridgehead atoms. The highest BCUT2D eigenvalue weighted by Crippen LogP contribution is 2.15. The molecule has 0 aromatic heterocycles. The molecule has 0 radical (unpaired) electrons. The van der Waals surface area contributed by atoms with Gasteiger partial charge in [-0.05, 0) is 7.05 Å². The van der Waals surface area contributed by atoms with Crippen molar-refractivity contribution in [3.05, 3.63) is 12.2 Å². The summed E-state index contributed by atoms with van der Waals surface area (Å²) in [7, 11) is 1.58. The van der Waals surface area contributed by atoms with Gasteiger partial charge in [-0.1, -0.05) is 6.08 Å². The van der Waals surface area contributed by atoms with Crippen molar-refractivity contribution in [2.45, 2.75) is 6.18 Å². The summed E-state index contributed by atoms with van der Waals surface area (Å²) < 4.78 is 33.8. The highest BCUT2D eigenvalue weighted by molar-refractivity contribution is 5.85. The summed E-state index contributed by atoms with van der Waals surface area (Å²) in [6.07, 6.45) is -2.93. The Balaban J connectivity index is 0. The largest absolute Gasteiger partial charge is 0.409 e. The predicted molar refractivity (Wildman–Crippen MR) is 36.4 cm³/mol. The van der Waals surface area contributed by atoms with Gasteiger partial charge >= 0.3 is 6.18 Å². The summed E-state index contributed by atoms with van der Waals surface area (Å²) in [4.78, 5) is 0. The Hall–Kier alpha value is -0.220.